The molecule has 6 nitrogen and oxygen atoms in total. The lowest BCUT2D eigenvalue weighted by Crippen LogP contribution is -2.54. The van der Waals surface area contributed by atoms with Crippen LogP contribution in [0.5, 0.6) is 0 Å². The van der Waals surface area contributed by atoms with Crippen molar-refractivity contribution in [1.29, 1.82) is 0 Å². The monoisotopic (exact) mass is 554 g/mol. The fraction of sp³-hybridized carbons (Fsp3) is 0.625. The molecule has 0 bridgehead atoms. The van der Waals surface area contributed by atoms with Gasteiger partial charge in [-0.3, -0.25) is 9.59 Å². The molecule has 0 radical (unpaired) electrons. The van der Waals surface area contributed by atoms with E-state index in [1.165, 1.54) is 25.0 Å². The largest absolute Gasteiger partial charge is 0.462 e. The first-order valence-electron chi connectivity index (χ1n) is 14.4. The van der Waals surface area contributed by atoms with Crippen molar-refractivity contribution in [2.24, 2.45) is 34.5 Å². The van der Waals surface area contributed by atoms with Gasteiger partial charge in [-0.15, -0.1) is 0 Å². The maximum atomic E-state index is 13.2. The van der Waals surface area contributed by atoms with Gasteiger partial charge in [-0.2, -0.15) is 0 Å². The van der Waals surface area contributed by atoms with Gasteiger partial charge < -0.3 is 9.47 Å². The molecule has 0 spiro atoms. The van der Waals surface area contributed by atoms with Crippen LogP contribution in [-0.4, -0.2) is 38.3 Å². The lowest BCUT2D eigenvalue weighted by molar-refractivity contribution is -0.165. The molecule has 3 fully saturated rings. The van der Waals surface area contributed by atoms with Crippen molar-refractivity contribution < 1.29 is 27.5 Å². The Morgan fingerprint density at radius 3 is 2.33 bits per heavy atom. The molecule has 0 aromatic heterocycles. The van der Waals surface area contributed by atoms with Crippen molar-refractivity contribution in [2.45, 2.75) is 90.2 Å². The van der Waals surface area contributed by atoms with E-state index in [1.807, 2.05) is 6.07 Å². The number of benzene rings is 1. The molecule has 39 heavy (non-hydrogen) atoms. The predicted molar refractivity (Wildman–Crippen MR) is 149 cm³/mol. The summed E-state index contributed by atoms with van der Waals surface area (Å²) in [5, 5.41) is 0. The second-order valence-corrected chi connectivity index (χ2v) is 14.9. The molecule has 5 rings (SSSR count). The van der Waals surface area contributed by atoms with Crippen LogP contribution in [0.15, 0.2) is 58.5 Å². The third kappa shape index (κ3) is 4.89. The lowest BCUT2D eigenvalue weighted by Gasteiger charge is -2.57. The fourth-order valence-corrected chi connectivity index (χ4v) is 10.6. The Hall–Kier alpha value is -2.41. The summed E-state index contributed by atoms with van der Waals surface area (Å²) in [6, 6.07) is 8.80. The first-order chi connectivity index (χ1) is 18.4. The van der Waals surface area contributed by atoms with Gasteiger partial charge in [-0.05, 0) is 66.9 Å². The van der Waals surface area contributed by atoms with Crippen LogP contribution in [0.4, 0.5) is 0 Å². The van der Waals surface area contributed by atoms with E-state index in [4.69, 9.17) is 9.47 Å². The molecular formula is C32H42O6S. The van der Waals surface area contributed by atoms with E-state index in [-0.39, 0.29) is 52.6 Å². The minimum absolute atomic E-state index is 0.0293. The number of fused-ring (bicyclic) bond motifs is 5. The van der Waals surface area contributed by atoms with Gasteiger partial charge in [-0.25, -0.2) is 8.42 Å². The number of allylic oxidation sites excluding steroid dienone is 3. The number of hydrogen-bond donors (Lipinski definition) is 0. The summed E-state index contributed by atoms with van der Waals surface area (Å²) in [6.45, 7) is 9.60. The second-order valence-electron chi connectivity index (χ2n) is 12.8. The van der Waals surface area contributed by atoms with Gasteiger partial charge in [0.1, 0.15) is 12.2 Å². The third-order valence-corrected chi connectivity index (χ3v) is 12.5. The summed E-state index contributed by atoms with van der Waals surface area (Å²) in [5.74, 6) is 0.551. The zero-order valence-electron chi connectivity index (χ0n) is 23.8. The van der Waals surface area contributed by atoms with E-state index in [2.05, 4.69) is 32.9 Å². The Bertz CT molecular complexity index is 1300. The summed E-state index contributed by atoms with van der Waals surface area (Å²) in [5.41, 5.74) is 2.31. The van der Waals surface area contributed by atoms with E-state index >= 15 is 0 Å². The van der Waals surface area contributed by atoms with E-state index in [9.17, 15) is 18.0 Å². The smallest absolute Gasteiger partial charge is 0.302 e. The molecule has 7 heteroatoms. The van der Waals surface area contributed by atoms with Crippen LogP contribution in [0.2, 0.25) is 0 Å². The van der Waals surface area contributed by atoms with Crippen molar-refractivity contribution in [2.75, 3.05) is 5.75 Å². The molecule has 1 aromatic carbocycles. The molecule has 0 amide bonds. The molecular weight excluding hydrogens is 512 g/mol. The summed E-state index contributed by atoms with van der Waals surface area (Å²) < 4.78 is 38.0. The van der Waals surface area contributed by atoms with Gasteiger partial charge >= 0.3 is 11.9 Å². The molecule has 8 atom stereocenters. The lowest BCUT2D eigenvalue weighted by atomic mass is 9.49. The Balaban J connectivity index is 1.42. The van der Waals surface area contributed by atoms with E-state index < -0.39 is 9.84 Å². The van der Waals surface area contributed by atoms with Crippen LogP contribution in [0.3, 0.4) is 0 Å². The van der Waals surface area contributed by atoms with E-state index in [0.29, 0.717) is 29.6 Å². The summed E-state index contributed by atoms with van der Waals surface area (Å²) in [6.07, 6.45) is 9.06. The zero-order chi connectivity index (χ0) is 28.2. The molecule has 3 saturated carbocycles. The van der Waals surface area contributed by atoms with Crippen LogP contribution in [0, 0.1) is 34.5 Å². The number of hydrogen-bond acceptors (Lipinski definition) is 6. The topological polar surface area (TPSA) is 86.7 Å². The Labute approximate surface area is 233 Å². The number of rotatable bonds is 6. The minimum atomic E-state index is -3.35. The van der Waals surface area contributed by atoms with E-state index in [0.717, 1.165) is 25.7 Å². The zero-order valence-corrected chi connectivity index (χ0v) is 24.6. The molecule has 4 aliphatic carbocycles. The van der Waals surface area contributed by atoms with Crippen molar-refractivity contribution in [3.63, 3.8) is 0 Å². The molecule has 4 aliphatic rings. The maximum absolute atomic E-state index is 13.2. The Morgan fingerprint density at radius 2 is 1.67 bits per heavy atom. The maximum Gasteiger partial charge on any atom is 0.302 e. The van der Waals surface area contributed by atoms with Crippen LogP contribution >= 0.6 is 0 Å². The SMILES string of the molecule is CC(=O)O[C@@H]1CC2=CC=C3[C@@H]4CC[C@H](C(C)CS(=O)(=O)c5ccccc5)[C@@]4(C)CC[C@@H]3[C@@]2(C)[C@@H](OC(C)=O)C1. The highest BCUT2D eigenvalue weighted by atomic mass is 32.2. The van der Waals surface area contributed by atoms with Gasteiger partial charge in [0.05, 0.1) is 10.6 Å². The highest BCUT2D eigenvalue weighted by molar-refractivity contribution is 7.91. The molecule has 0 aliphatic heterocycles. The fourth-order valence-electron chi connectivity index (χ4n) is 8.86. The van der Waals surface area contributed by atoms with E-state index in [1.54, 1.807) is 24.3 Å². The number of ether oxygens (including phenoxy) is 2. The average molecular weight is 555 g/mol. The number of sulfone groups is 1. The minimum Gasteiger partial charge on any atom is -0.462 e. The van der Waals surface area contributed by atoms with Gasteiger partial charge in [0.15, 0.2) is 9.84 Å². The number of esters is 2. The van der Waals surface area contributed by atoms with Crippen LogP contribution in [-0.2, 0) is 28.9 Å². The van der Waals surface area contributed by atoms with Gasteiger partial charge in [0.25, 0.3) is 0 Å². The first kappa shape index (κ1) is 28.1. The van der Waals surface area contributed by atoms with Gasteiger partial charge in [0.2, 0.25) is 0 Å². The standard InChI is InChI=1S/C32H42O6S/c1-20(19-39(35,36)25-9-7-6-8-10-25)27-13-14-28-26-12-11-23-17-24(37-21(2)33)18-30(38-22(3)34)32(23,5)29(26)15-16-31(27,28)4/h6-12,20,24,27-30H,13-19H2,1-5H3/t20?,24-,27-,28+,29+,30+,31-,32+/m1/s1. The third-order valence-electron chi connectivity index (χ3n) is 10.6. The average Bonchev–Trinajstić information content (AvgIpc) is 3.22. The normalized spacial score (nSPS) is 36.4. The van der Waals surface area contributed by atoms with Crippen molar-refractivity contribution in [1.82, 2.24) is 0 Å². The Kier molecular flexibility index (Phi) is 7.36. The van der Waals surface area contributed by atoms with Crippen molar-refractivity contribution in [3.8, 4) is 0 Å². The van der Waals surface area contributed by atoms with Crippen molar-refractivity contribution in [3.05, 3.63) is 53.6 Å². The highest BCUT2D eigenvalue weighted by Crippen LogP contribution is 2.66. The predicted octanol–water partition coefficient (Wildman–Crippen LogP) is 6.07. The van der Waals surface area contributed by atoms with Crippen LogP contribution in [0.1, 0.15) is 73.1 Å². The van der Waals surface area contributed by atoms with Crippen molar-refractivity contribution >= 4 is 21.8 Å². The quantitative estimate of drug-likeness (QED) is 0.397. The summed E-state index contributed by atoms with van der Waals surface area (Å²) in [4.78, 5) is 24.3. The van der Waals surface area contributed by atoms with Crippen LogP contribution < -0.4 is 0 Å². The Morgan fingerprint density at radius 1 is 0.974 bits per heavy atom. The summed E-state index contributed by atoms with van der Waals surface area (Å²) >= 11 is 0. The molecule has 0 N–H and O–H groups in total. The number of carbonyl (C=O) groups excluding carboxylic acids is 2. The molecule has 0 saturated heterocycles. The first-order valence-corrected chi connectivity index (χ1v) is 16.0. The molecule has 1 unspecified atom stereocenters. The van der Waals surface area contributed by atoms with Gasteiger partial charge in [0, 0.05) is 32.1 Å². The number of carbonyl (C=O) groups is 2. The molecule has 1 aromatic rings. The van der Waals surface area contributed by atoms with Gasteiger partial charge in [-0.1, -0.05) is 62.3 Å². The second kappa shape index (κ2) is 10.2. The van der Waals surface area contributed by atoms with Crippen LogP contribution in [0.25, 0.3) is 0 Å². The molecule has 0 heterocycles. The highest BCUT2D eigenvalue weighted by Gasteiger charge is 2.60. The molecule has 212 valence electrons. The summed E-state index contributed by atoms with van der Waals surface area (Å²) in [7, 11) is -3.35.